The first-order valence-electron chi connectivity index (χ1n) is 11.8. The van der Waals surface area contributed by atoms with Gasteiger partial charge in [-0.25, -0.2) is 0 Å². The van der Waals surface area contributed by atoms with Crippen molar-refractivity contribution in [2.24, 2.45) is 0 Å². The van der Waals surface area contributed by atoms with Gasteiger partial charge in [0.25, 0.3) is 0 Å². The molecule has 0 saturated carbocycles. The van der Waals surface area contributed by atoms with Gasteiger partial charge in [0.05, 0.1) is 23.7 Å². The fraction of sp³-hybridized carbons (Fsp3) is 0.900. The summed E-state index contributed by atoms with van der Waals surface area (Å²) in [7, 11) is 0. The Kier molecular flexibility index (Phi) is 17.8. The van der Waals surface area contributed by atoms with Gasteiger partial charge in [0.15, 0.2) is 0 Å². The molecule has 0 rings (SSSR count). The van der Waals surface area contributed by atoms with Crippen LogP contribution < -0.4 is 10.2 Å². The third-order valence-electron chi connectivity index (χ3n) is 5.72. The monoisotopic (exact) mass is 1000 g/mol. The van der Waals surface area contributed by atoms with E-state index in [0.717, 1.165) is 0 Å². The number of aliphatic carboxylic acids is 2. The van der Waals surface area contributed by atoms with Crippen LogP contribution in [-0.2, 0) is 9.59 Å². The maximum atomic E-state index is 14.1. The molecule has 0 radical (unpaired) electrons. The van der Waals surface area contributed by atoms with Crippen LogP contribution in [0, 0.1) is 0 Å². The summed E-state index contributed by atoms with van der Waals surface area (Å²) in [6.07, 6.45) is -15.7. The van der Waals surface area contributed by atoms with Gasteiger partial charge in [-0.3, -0.25) is 0 Å². The molecule has 53 heavy (non-hydrogen) atoms. The summed E-state index contributed by atoms with van der Waals surface area (Å²) >= 11 is 4.10. The molecule has 0 aromatic rings. The Morgan fingerprint density at radius 2 is 0.566 bits per heavy atom. The van der Waals surface area contributed by atoms with Gasteiger partial charge in [-0.1, -0.05) is 0 Å². The third kappa shape index (κ3) is 10.1. The van der Waals surface area contributed by atoms with E-state index in [1.54, 1.807) is 0 Å². The van der Waals surface area contributed by atoms with E-state index in [1.165, 1.54) is 0 Å². The molecule has 0 N–H and O–H groups in total. The molecule has 0 amide bonds. The summed E-state index contributed by atoms with van der Waals surface area (Å²) in [4.78, 5) is 18.2. The molecule has 0 aromatic carbocycles. The Morgan fingerprint density at radius 3 is 0.698 bits per heavy atom. The van der Waals surface area contributed by atoms with Crippen molar-refractivity contribution in [1.29, 1.82) is 0 Å². The van der Waals surface area contributed by atoms with Crippen molar-refractivity contribution in [3.05, 3.63) is 0 Å². The summed E-state index contributed by atoms with van der Waals surface area (Å²) in [6, 6.07) is 0. The van der Waals surface area contributed by atoms with Crippen LogP contribution in [-0.4, -0.2) is 116 Å². The standard InChI is InChI=1S/2C8H4F13.2C2H3ClO2.Sn/c2*1-2-3(9,10)4(11,12)5(13,14)6(15,16)7(17,18)8(19,20)21;2*3-1-2(4)5;/h2*2H,1H3;2*1H2,(H,4,5);/q;;;;+2/p-2. The van der Waals surface area contributed by atoms with Crippen LogP contribution >= 0.6 is 23.2 Å². The third-order valence-corrected chi connectivity index (χ3v) is 11.1. The van der Waals surface area contributed by atoms with E-state index in [1.807, 2.05) is 0 Å². The number of carbonyl (C=O) groups is 2. The van der Waals surface area contributed by atoms with Gasteiger partial charge in [0.1, 0.15) is 0 Å². The Labute approximate surface area is 295 Å². The summed E-state index contributed by atoms with van der Waals surface area (Å²) in [6.45, 7) is -1.52. The Bertz CT molecular complexity index is 1140. The first-order chi connectivity index (χ1) is 22.6. The molecular formula is C20H12Cl2F26O4Sn. The van der Waals surface area contributed by atoms with Crippen LogP contribution in [0.25, 0.3) is 0 Å². The molecule has 0 spiro atoms. The van der Waals surface area contributed by atoms with Crippen molar-refractivity contribution in [3.63, 3.8) is 0 Å². The van der Waals surface area contributed by atoms with Crippen LogP contribution in [0.4, 0.5) is 114 Å². The van der Waals surface area contributed by atoms with Gasteiger partial charge in [0, 0.05) is 0 Å². The molecule has 0 saturated heterocycles. The normalized spacial score (nSPS) is 16.0. The number of carboxylic acid groups (broad SMARTS) is 2. The van der Waals surface area contributed by atoms with Gasteiger partial charge < -0.3 is 19.8 Å². The number of carbonyl (C=O) groups excluding carboxylic acids is 2. The Morgan fingerprint density at radius 1 is 0.415 bits per heavy atom. The van der Waals surface area contributed by atoms with Crippen LogP contribution in [0.15, 0.2) is 0 Å². The van der Waals surface area contributed by atoms with Gasteiger partial charge in [-0.05, 0) is 0 Å². The number of halogens is 28. The zero-order valence-electron chi connectivity index (χ0n) is 24.3. The van der Waals surface area contributed by atoms with E-state index in [4.69, 9.17) is 19.8 Å². The molecule has 33 heteroatoms. The second-order valence-electron chi connectivity index (χ2n) is 9.46. The second kappa shape index (κ2) is 16.9. The zero-order chi connectivity index (χ0) is 44.4. The average molecular weight is 1000 g/mol. The molecule has 0 aliphatic carbocycles. The summed E-state index contributed by atoms with van der Waals surface area (Å²) in [5.74, 6) is -84.5. The quantitative estimate of drug-likeness (QED) is 0.102. The summed E-state index contributed by atoms with van der Waals surface area (Å²) in [5.41, 5.74) is 0. The van der Waals surface area contributed by atoms with Gasteiger partial charge >= 0.3 is 229 Å². The van der Waals surface area contributed by atoms with Crippen LogP contribution in [0.5, 0.6) is 0 Å². The maximum absolute atomic E-state index is 14.1. The van der Waals surface area contributed by atoms with Crippen molar-refractivity contribution >= 4 is 56.3 Å². The zero-order valence-corrected chi connectivity index (χ0v) is 28.7. The number of carboxylic acids is 2. The molecular weight excluding hydrogens is 988 g/mol. The van der Waals surface area contributed by atoms with Crippen LogP contribution in [0.2, 0.25) is 7.87 Å². The van der Waals surface area contributed by atoms with E-state index < -0.39 is 138 Å². The summed E-state index contributed by atoms with van der Waals surface area (Å²) in [5, 5.41) is 18.2. The SMILES string of the molecule is C[CH]([Sn+2][CH](C)C(F)(F)C(F)(F)C(F)(F)C(F)(F)C(F)(F)C(F)(F)F)C(F)(F)C(F)(F)C(F)(F)C(F)(F)C(F)(F)C(F)(F)F.O=C([O-])CCl.O=C([O-])CCl. The number of hydrogen-bond acceptors (Lipinski definition) is 4. The van der Waals surface area contributed by atoms with Crippen molar-refractivity contribution in [2.45, 2.75) is 93.3 Å². The molecule has 2 unspecified atom stereocenters. The Balaban J connectivity index is -0.00000218. The molecule has 0 bridgehead atoms. The largest absolute Gasteiger partial charge is 0.549 e. The summed E-state index contributed by atoms with van der Waals surface area (Å²) < 4.78 is 334. The topological polar surface area (TPSA) is 80.3 Å². The predicted octanol–water partition coefficient (Wildman–Crippen LogP) is 7.74. The molecule has 4 nitrogen and oxygen atoms in total. The number of hydrogen-bond donors (Lipinski definition) is 0. The molecule has 0 aromatic heterocycles. The first kappa shape index (κ1) is 55.8. The van der Waals surface area contributed by atoms with E-state index in [-0.39, 0.29) is 0 Å². The fourth-order valence-corrected chi connectivity index (χ4v) is 7.06. The predicted molar refractivity (Wildman–Crippen MR) is 118 cm³/mol. The van der Waals surface area contributed by atoms with E-state index in [0.29, 0.717) is 0 Å². The fourth-order valence-electron chi connectivity index (χ4n) is 2.69. The van der Waals surface area contributed by atoms with E-state index >= 15 is 0 Å². The molecule has 316 valence electrons. The Hall–Kier alpha value is -1.50. The first-order valence-corrected chi connectivity index (χ1v) is 16.1. The van der Waals surface area contributed by atoms with Crippen molar-refractivity contribution in [3.8, 4) is 0 Å². The van der Waals surface area contributed by atoms with Crippen molar-refractivity contribution < 1.29 is 134 Å². The minimum absolute atomic E-state index is 0.417. The van der Waals surface area contributed by atoms with E-state index in [2.05, 4.69) is 23.2 Å². The molecule has 0 heterocycles. The molecule has 0 aliphatic rings. The van der Waals surface area contributed by atoms with E-state index in [9.17, 15) is 114 Å². The van der Waals surface area contributed by atoms with Gasteiger partial charge in [-0.2, -0.15) is 0 Å². The van der Waals surface area contributed by atoms with Crippen LogP contribution in [0.1, 0.15) is 13.8 Å². The number of rotatable bonds is 14. The smallest absolute Gasteiger partial charge is 0.0620 e. The molecule has 2 atom stereocenters. The molecule has 0 fully saturated rings. The second-order valence-corrected chi connectivity index (χ2v) is 15.9. The van der Waals surface area contributed by atoms with Crippen molar-refractivity contribution in [1.82, 2.24) is 0 Å². The number of alkyl halides is 28. The van der Waals surface area contributed by atoms with Crippen molar-refractivity contribution in [2.75, 3.05) is 11.8 Å². The van der Waals surface area contributed by atoms with Crippen LogP contribution in [0.3, 0.4) is 0 Å². The van der Waals surface area contributed by atoms with Gasteiger partial charge in [0.2, 0.25) is 0 Å². The maximum Gasteiger partial charge on any atom is 0.0620 e. The van der Waals surface area contributed by atoms with Gasteiger partial charge in [-0.15, -0.1) is 23.2 Å². The average Bonchev–Trinajstić information content (AvgIpc) is 2.95. The molecule has 0 aliphatic heterocycles. The minimum atomic E-state index is -8.50. The minimum Gasteiger partial charge on any atom is -0.549 e.